The van der Waals surface area contributed by atoms with E-state index in [-0.39, 0.29) is 12.5 Å². The van der Waals surface area contributed by atoms with Gasteiger partial charge in [0.1, 0.15) is 12.1 Å². The third-order valence-electron chi connectivity index (χ3n) is 5.88. The Kier molecular flexibility index (Phi) is 4.41. The molecule has 6 nitrogen and oxygen atoms in total. The minimum absolute atomic E-state index is 0.142. The van der Waals surface area contributed by atoms with Crippen LogP contribution >= 0.6 is 11.3 Å². The number of thiophene rings is 1. The summed E-state index contributed by atoms with van der Waals surface area (Å²) in [5, 5.41) is 10.5. The second kappa shape index (κ2) is 7.05. The summed E-state index contributed by atoms with van der Waals surface area (Å²) in [5.74, 6) is 0.142. The topological polar surface area (TPSA) is 54.3 Å². The first-order valence-corrected chi connectivity index (χ1v) is 10.5. The van der Waals surface area contributed by atoms with Crippen LogP contribution in [0.25, 0.3) is 11.0 Å². The molecular formula is C20H23N5OS. The molecule has 0 unspecified atom stereocenters. The number of rotatable bonds is 3. The van der Waals surface area contributed by atoms with E-state index in [0.29, 0.717) is 6.04 Å². The summed E-state index contributed by atoms with van der Waals surface area (Å²) in [4.78, 5) is 18.9. The van der Waals surface area contributed by atoms with Crippen LogP contribution in [0.2, 0.25) is 0 Å². The fourth-order valence-electron chi connectivity index (χ4n) is 4.32. The van der Waals surface area contributed by atoms with E-state index in [4.69, 9.17) is 0 Å². The number of hydrogen-bond donors (Lipinski definition) is 0. The van der Waals surface area contributed by atoms with Crippen molar-refractivity contribution >= 4 is 28.3 Å². The summed E-state index contributed by atoms with van der Waals surface area (Å²) in [5.41, 5.74) is 3.25. The van der Waals surface area contributed by atoms with Gasteiger partial charge in [-0.25, -0.2) is 4.68 Å². The maximum Gasteiger partial charge on any atom is 0.244 e. The number of amides is 1. The van der Waals surface area contributed by atoms with E-state index in [1.807, 2.05) is 40.5 Å². The number of benzene rings is 1. The third kappa shape index (κ3) is 3.26. The molecule has 4 heterocycles. The average Bonchev–Trinajstić information content (AvgIpc) is 3.35. The zero-order valence-corrected chi connectivity index (χ0v) is 16.1. The maximum atomic E-state index is 12.7. The van der Waals surface area contributed by atoms with Crippen LogP contribution in [-0.4, -0.2) is 56.4 Å². The molecular weight excluding hydrogens is 358 g/mol. The van der Waals surface area contributed by atoms with Gasteiger partial charge in [-0.2, -0.15) is 0 Å². The first kappa shape index (κ1) is 16.9. The summed E-state index contributed by atoms with van der Waals surface area (Å²) >= 11 is 1.89. The molecule has 0 spiro atoms. The Labute approximate surface area is 162 Å². The Morgan fingerprint density at radius 2 is 2.00 bits per heavy atom. The number of likely N-dealkylation sites (tertiary alicyclic amines) is 1. The van der Waals surface area contributed by atoms with Gasteiger partial charge in [0.25, 0.3) is 0 Å². The van der Waals surface area contributed by atoms with Gasteiger partial charge in [0, 0.05) is 37.1 Å². The second-order valence-electron chi connectivity index (χ2n) is 7.44. The lowest BCUT2D eigenvalue weighted by atomic mass is 9.99. The highest BCUT2D eigenvalue weighted by Gasteiger charge is 2.29. The highest BCUT2D eigenvalue weighted by molar-refractivity contribution is 7.10. The minimum Gasteiger partial charge on any atom is -0.341 e. The van der Waals surface area contributed by atoms with Crippen LogP contribution in [0.4, 0.5) is 0 Å². The largest absolute Gasteiger partial charge is 0.341 e. The fraction of sp³-hybridized carbons (Fsp3) is 0.450. The van der Waals surface area contributed by atoms with Crippen LogP contribution < -0.4 is 0 Å². The van der Waals surface area contributed by atoms with E-state index >= 15 is 0 Å². The summed E-state index contributed by atoms with van der Waals surface area (Å²) in [6.07, 6.45) is 3.29. The van der Waals surface area contributed by atoms with E-state index in [2.05, 4.69) is 26.7 Å². The normalized spacial score (nSPS) is 18.7. The van der Waals surface area contributed by atoms with Crippen molar-refractivity contribution in [1.29, 1.82) is 0 Å². The molecule has 7 heteroatoms. The molecule has 140 valence electrons. The molecule has 3 aromatic rings. The summed E-state index contributed by atoms with van der Waals surface area (Å²) in [7, 11) is 0. The van der Waals surface area contributed by atoms with Crippen LogP contribution in [0.1, 0.15) is 23.3 Å². The summed E-state index contributed by atoms with van der Waals surface area (Å²) in [6.45, 7) is 4.17. The van der Waals surface area contributed by atoms with Gasteiger partial charge in [0.15, 0.2) is 0 Å². The minimum atomic E-state index is 0.142. The molecule has 2 aliphatic heterocycles. The lowest BCUT2D eigenvalue weighted by Crippen LogP contribution is -2.48. The third-order valence-corrected chi connectivity index (χ3v) is 6.90. The molecule has 0 saturated carbocycles. The molecule has 1 aromatic carbocycles. The maximum absolute atomic E-state index is 12.7. The molecule has 0 aliphatic carbocycles. The molecule has 1 fully saturated rings. The zero-order valence-electron chi connectivity index (χ0n) is 15.3. The quantitative estimate of drug-likeness (QED) is 0.700. The number of aromatic nitrogens is 3. The molecule has 2 aromatic heterocycles. The van der Waals surface area contributed by atoms with E-state index in [0.717, 1.165) is 50.1 Å². The Hall–Kier alpha value is -2.25. The van der Waals surface area contributed by atoms with Crippen molar-refractivity contribution in [3.05, 3.63) is 46.2 Å². The second-order valence-corrected chi connectivity index (χ2v) is 8.44. The fourth-order valence-corrected chi connectivity index (χ4v) is 5.21. The molecule has 5 rings (SSSR count). The Morgan fingerprint density at radius 3 is 2.89 bits per heavy atom. The highest BCUT2D eigenvalue weighted by Crippen LogP contribution is 2.28. The molecule has 0 radical (unpaired) electrons. The number of para-hydroxylation sites is 1. The molecule has 0 atom stereocenters. The number of carbonyl (C=O) groups excluding carboxylic acids is 1. The Balaban J connectivity index is 1.19. The SMILES string of the molecule is O=C(Cn1nnc2ccccc21)N1CCC(N2CCc3sccc3C2)CC1. The van der Waals surface area contributed by atoms with E-state index in [1.54, 1.807) is 9.56 Å². The van der Waals surface area contributed by atoms with Gasteiger partial charge in [-0.3, -0.25) is 9.69 Å². The van der Waals surface area contributed by atoms with Crippen molar-refractivity contribution < 1.29 is 4.79 Å². The number of hydrogen-bond acceptors (Lipinski definition) is 5. The highest BCUT2D eigenvalue weighted by atomic mass is 32.1. The van der Waals surface area contributed by atoms with Crippen molar-refractivity contribution in [2.45, 2.75) is 38.4 Å². The summed E-state index contributed by atoms with van der Waals surface area (Å²) in [6, 6.07) is 10.6. The average molecular weight is 382 g/mol. The standard InChI is InChI=1S/C20H23N5OS/c26-20(14-25-18-4-2-1-3-17(18)21-22-25)23-9-5-16(6-10-23)24-11-7-19-15(13-24)8-12-27-19/h1-4,8,12,16H,5-7,9-11,13-14H2. The molecule has 27 heavy (non-hydrogen) atoms. The Bertz CT molecular complexity index is 956. The monoisotopic (exact) mass is 381 g/mol. The van der Waals surface area contributed by atoms with Gasteiger partial charge in [-0.15, -0.1) is 16.4 Å². The molecule has 1 amide bonds. The first-order chi connectivity index (χ1) is 13.3. The first-order valence-electron chi connectivity index (χ1n) is 9.63. The van der Waals surface area contributed by atoms with Gasteiger partial charge in [-0.1, -0.05) is 17.3 Å². The van der Waals surface area contributed by atoms with E-state index in [1.165, 1.54) is 12.0 Å². The van der Waals surface area contributed by atoms with Crippen molar-refractivity contribution in [2.75, 3.05) is 19.6 Å². The smallest absolute Gasteiger partial charge is 0.244 e. The predicted octanol–water partition coefficient (Wildman–Crippen LogP) is 2.54. The lowest BCUT2D eigenvalue weighted by Gasteiger charge is -2.40. The number of piperidine rings is 1. The predicted molar refractivity (Wildman–Crippen MR) is 106 cm³/mol. The molecule has 2 aliphatic rings. The number of nitrogens with zero attached hydrogens (tertiary/aromatic N) is 5. The van der Waals surface area contributed by atoms with E-state index < -0.39 is 0 Å². The van der Waals surface area contributed by atoms with Crippen molar-refractivity contribution in [1.82, 2.24) is 24.8 Å². The molecule has 0 bridgehead atoms. The van der Waals surface area contributed by atoms with Crippen molar-refractivity contribution in [2.24, 2.45) is 0 Å². The van der Waals surface area contributed by atoms with Gasteiger partial charge >= 0.3 is 0 Å². The van der Waals surface area contributed by atoms with Crippen molar-refractivity contribution in [3.8, 4) is 0 Å². The van der Waals surface area contributed by atoms with Crippen LogP contribution in [0.5, 0.6) is 0 Å². The van der Waals surface area contributed by atoms with Crippen LogP contribution in [0, 0.1) is 0 Å². The van der Waals surface area contributed by atoms with Crippen molar-refractivity contribution in [3.63, 3.8) is 0 Å². The van der Waals surface area contributed by atoms with Gasteiger partial charge < -0.3 is 4.90 Å². The van der Waals surface area contributed by atoms with Gasteiger partial charge in [0.2, 0.25) is 5.91 Å². The molecule has 1 saturated heterocycles. The Morgan fingerprint density at radius 1 is 1.15 bits per heavy atom. The van der Waals surface area contributed by atoms with Crippen LogP contribution in [-0.2, 0) is 24.3 Å². The number of carbonyl (C=O) groups is 1. The zero-order chi connectivity index (χ0) is 18.2. The summed E-state index contributed by atoms with van der Waals surface area (Å²) < 4.78 is 1.71. The molecule has 0 N–H and O–H groups in total. The number of fused-ring (bicyclic) bond motifs is 2. The van der Waals surface area contributed by atoms with Crippen LogP contribution in [0.15, 0.2) is 35.7 Å². The van der Waals surface area contributed by atoms with Gasteiger partial charge in [-0.05, 0) is 48.4 Å². The van der Waals surface area contributed by atoms with Crippen LogP contribution in [0.3, 0.4) is 0 Å². The van der Waals surface area contributed by atoms with E-state index in [9.17, 15) is 4.79 Å². The van der Waals surface area contributed by atoms with Gasteiger partial charge in [0.05, 0.1) is 5.52 Å². The lowest BCUT2D eigenvalue weighted by molar-refractivity contribution is -0.133.